The molecular formula is C9H9ClN2O4. The Bertz CT molecular complexity index is 422. The summed E-state index contributed by atoms with van der Waals surface area (Å²) in [6, 6.07) is 1.09. The van der Waals surface area contributed by atoms with Crippen molar-refractivity contribution >= 4 is 23.3 Å². The van der Waals surface area contributed by atoms with Gasteiger partial charge in [-0.05, 0) is 6.42 Å². The zero-order valence-electron chi connectivity index (χ0n) is 8.47. The maximum Gasteiger partial charge on any atom is 0.312 e. The van der Waals surface area contributed by atoms with E-state index in [1.54, 1.807) is 0 Å². The summed E-state index contributed by atoms with van der Waals surface area (Å²) in [5.41, 5.74) is -0.250. The molecule has 0 fully saturated rings. The smallest absolute Gasteiger partial charge is 0.312 e. The number of nitrogens with zero attached hydrogens (tertiary/aromatic N) is 2. The fourth-order valence-electron chi connectivity index (χ4n) is 0.953. The molecule has 1 aromatic heterocycles. The van der Waals surface area contributed by atoms with Gasteiger partial charge >= 0.3 is 5.97 Å². The van der Waals surface area contributed by atoms with Crippen LogP contribution in [0.4, 0.5) is 5.69 Å². The van der Waals surface area contributed by atoms with E-state index < -0.39 is 10.9 Å². The van der Waals surface area contributed by atoms with Crippen LogP contribution >= 0.6 is 11.6 Å². The lowest BCUT2D eigenvalue weighted by atomic mass is 10.3. The topological polar surface area (TPSA) is 82.3 Å². The van der Waals surface area contributed by atoms with Gasteiger partial charge in [0.05, 0.1) is 4.92 Å². The van der Waals surface area contributed by atoms with Crippen molar-refractivity contribution in [1.29, 1.82) is 0 Å². The van der Waals surface area contributed by atoms with Gasteiger partial charge in [-0.1, -0.05) is 18.5 Å². The van der Waals surface area contributed by atoms with Crippen molar-refractivity contribution in [2.75, 3.05) is 0 Å². The molecule has 0 aromatic carbocycles. The van der Waals surface area contributed by atoms with Crippen LogP contribution in [0.1, 0.15) is 19.8 Å². The summed E-state index contributed by atoms with van der Waals surface area (Å²) in [6.45, 7) is 1.83. The molecule has 0 amide bonds. The summed E-state index contributed by atoms with van der Waals surface area (Å²) in [7, 11) is 0. The van der Waals surface area contributed by atoms with Crippen molar-refractivity contribution < 1.29 is 14.5 Å². The van der Waals surface area contributed by atoms with Crippen molar-refractivity contribution in [3.63, 3.8) is 0 Å². The van der Waals surface area contributed by atoms with Crippen molar-refractivity contribution in [3.05, 3.63) is 27.4 Å². The van der Waals surface area contributed by atoms with Crippen LogP contribution in [0.15, 0.2) is 12.3 Å². The fraction of sp³-hybridized carbons (Fsp3) is 0.333. The minimum Gasteiger partial charge on any atom is -0.406 e. The highest BCUT2D eigenvalue weighted by molar-refractivity contribution is 6.32. The third kappa shape index (κ3) is 3.16. The van der Waals surface area contributed by atoms with Crippen LogP contribution in [-0.2, 0) is 4.79 Å². The second kappa shape index (κ2) is 5.41. The number of halogens is 1. The molecule has 1 heterocycles. The molecule has 1 aromatic rings. The van der Waals surface area contributed by atoms with Gasteiger partial charge in [-0.25, -0.2) is 4.98 Å². The summed E-state index contributed by atoms with van der Waals surface area (Å²) in [6.07, 6.45) is 1.87. The van der Waals surface area contributed by atoms with E-state index in [2.05, 4.69) is 4.98 Å². The van der Waals surface area contributed by atoms with E-state index in [1.807, 2.05) is 6.92 Å². The Morgan fingerprint density at radius 2 is 2.38 bits per heavy atom. The van der Waals surface area contributed by atoms with Crippen molar-refractivity contribution in [3.8, 4) is 5.88 Å². The van der Waals surface area contributed by atoms with Crippen LogP contribution < -0.4 is 4.74 Å². The van der Waals surface area contributed by atoms with E-state index in [9.17, 15) is 14.9 Å². The van der Waals surface area contributed by atoms with E-state index >= 15 is 0 Å². The molecule has 0 saturated heterocycles. The van der Waals surface area contributed by atoms with E-state index in [0.29, 0.717) is 6.42 Å². The van der Waals surface area contributed by atoms with Crippen molar-refractivity contribution in [1.82, 2.24) is 4.98 Å². The maximum absolute atomic E-state index is 11.1. The van der Waals surface area contributed by atoms with Gasteiger partial charge in [0.15, 0.2) is 0 Å². The fourth-order valence-corrected chi connectivity index (χ4v) is 1.15. The highest BCUT2D eigenvalue weighted by Crippen LogP contribution is 2.25. The molecule has 16 heavy (non-hydrogen) atoms. The average molecular weight is 245 g/mol. The SMILES string of the molecule is CCCC(=O)Oc1ncc([N+](=O)[O-])cc1Cl. The van der Waals surface area contributed by atoms with Gasteiger partial charge < -0.3 is 4.74 Å². The van der Waals surface area contributed by atoms with E-state index in [0.717, 1.165) is 12.3 Å². The monoisotopic (exact) mass is 244 g/mol. The second-order valence-corrected chi connectivity index (χ2v) is 3.37. The zero-order chi connectivity index (χ0) is 12.1. The molecule has 0 aliphatic heterocycles. The number of carbonyl (C=O) groups excluding carboxylic acids is 1. The number of aromatic nitrogens is 1. The minimum atomic E-state index is -0.628. The average Bonchev–Trinajstić information content (AvgIpc) is 2.21. The normalized spacial score (nSPS) is 9.88. The van der Waals surface area contributed by atoms with Crippen LogP contribution in [0.5, 0.6) is 5.88 Å². The molecule has 0 unspecified atom stereocenters. The molecule has 1 rings (SSSR count). The number of rotatable bonds is 4. The Balaban J connectivity index is 2.83. The van der Waals surface area contributed by atoms with Crippen LogP contribution in [0.2, 0.25) is 5.02 Å². The Morgan fingerprint density at radius 3 is 2.88 bits per heavy atom. The Kier molecular flexibility index (Phi) is 4.19. The minimum absolute atomic E-state index is 0.0568. The third-order valence-corrected chi connectivity index (χ3v) is 1.94. The number of ether oxygens (including phenoxy) is 1. The Hall–Kier alpha value is -1.69. The number of hydrogen-bond acceptors (Lipinski definition) is 5. The molecule has 0 radical (unpaired) electrons. The van der Waals surface area contributed by atoms with Gasteiger partial charge in [-0.15, -0.1) is 0 Å². The molecule has 0 saturated carbocycles. The van der Waals surface area contributed by atoms with Gasteiger partial charge in [0.2, 0.25) is 5.88 Å². The largest absolute Gasteiger partial charge is 0.406 e. The molecular weight excluding hydrogens is 236 g/mol. The third-order valence-electron chi connectivity index (χ3n) is 1.67. The van der Waals surface area contributed by atoms with Crippen LogP contribution in [0, 0.1) is 10.1 Å². The quantitative estimate of drug-likeness (QED) is 0.461. The molecule has 0 atom stereocenters. The number of nitro groups is 1. The lowest BCUT2D eigenvalue weighted by Crippen LogP contribution is -2.08. The molecule has 86 valence electrons. The van der Waals surface area contributed by atoms with Crippen molar-refractivity contribution in [2.45, 2.75) is 19.8 Å². The predicted octanol–water partition coefficient (Wildman–Crippen LogP) is 2.35. The summed E-state index contributed by atoms with van der Waals surface area (Å²) < 4.78 is 4.82. The number of pyridine rings is 1. The van der Waals surface area contributed by atoms with Gasteiger partial charge in [0.25, 0.3) is 5.69 Å². The lowest BCUT2D eigenvalue weighted by molar-refractivity contribution is -0.385. The summed E-state index contributed by atoms with van der Waals surface area (Å²) in [5, 5.41) is 10.3. The lowest BCUT2D eigenvalue weighted by Gasteiger charge is -2.03. The van der Waals surface area contributed by atoms with Crippen LogP contribution in [0.3, 0.4) is 0 Å². The molecule has 6 nitrogen and oxygen atoms in total. The molecule has 0 N–H and O–H groups in total. The molecule has 0 aliphatic carbocycles. The van der Waals surface area contributed by atoms with E-state index in [4.69, 9.17) is 16.3 Å². The van der Waals surface area contributed by atoms with Crippen LogP contribution in [-0.4, -0.2) is 15.9 Å². The number of hydrogen-bond donors (Lipinski definition) is 0. The number of esters is 1. The van der Waals surface area contributed by atoms with Crippen molar-refractivity contribution in [2.24, 2.45) is 0 Å². The highest BCUT2D eigenvalue weighted by Gasteiger charge is 2.14. The van der Waals surface area contributed by atoms with Gasteiger partial charge in [-0.2, -0.15) is 0 Å². The summed E-state index contributed by atoms with van der Waals surface area (Å²) in [5.74, 6) is -0.573. The van der Waals surface area contributed by atoms with E-state index in [1.165, 1.54) is 0 Å². The first kappa shape index (κ1) is 12.4. The first-order valence-corrected chi connectivity index (χ1v) is 4.93. The number of carbonyl (C=O) groups is 1. The second-order valence-electron chi connectivity index (χ2n) is 2.96. The molecule has 0 aliphatic rings. The Labute approximate surface area is 96.3 Å². The van der Waals surface area contributed by atoms with E-state index in [-0.39, 0.29) is 23.0 Å². The molecule has 0 spiro atoms. The summed E-state index contributed by atoms with van der Waals surface area (Å²) in [4.78, 5) is 24.5. The van der Waals surface area contributed by atoms with Gasteiger partial charge in [0.1, 0.15) is 11.2 Å². The highest BCUT2D eigenvalue weighted by atomic mass is 35.5. The maximum atomic E-state index is 11.1. The Morgan fingerprint density at radius 1 is 1.69 bits per heavy atom. The molecule has 7 heteroatoms. The zero-order valence-corrected chi connectivity index (χ0v) is 9.23. The predicted molar refractivity (Wildman–Crippen MR) is 56.4 cm³/mol. The van der Waals surface area contributed by atoms with Crippen LogP contribution in [0.25, 0.3) is 0 Å². The first-order valence-electron chi connectivity index (χ1n) is 4.55. The summed E-state index contributed by atoms with van der Waals surface area (Å²) >= 11 is 5.67. The first-order chi connectivity index (χ1) is 7.54. The standard InChI is InChI=1S/C9H9ClN2O4/c1-2-3-8(13)16-9-7(10)4-6(5-11-9)12(14)15/h4-5H,2-3H2,1H3. The van der Waals surface area contributed by atoms with Gasteiger partial charge in [0, 0.05) is 12.5 Å². The molecule has 0 bridgehead atoms. The van der Waals surface area contributed by atoms with Gasteiger partial charge in [-0.3, -0.25) is 14.9 Å².